The molecule has 0 radical (unpaired) electrons. The van der Waals surface area contributed by atoms with Gasteiger partial charge in [0.15, 0.2) is 0 Å². The maximum atomic E-state index is 12.2. The standard InChI is InChI=1S/C13H22N6O7/c14-5(3-9(16)21)11(23)19-7(4-10(17)22)12(24)18-6(13(25)26)1-2-8(15)20/h5-7H,1-4,14H2,(H2,15,20)(H2,16,21)(H2,17,22)(H,18,24)(H,19,23)(H,25,26)/t5-,6-,7-/m0/s1. The number of carboxylic acids is 1. The maximum absolute atomic E-state index is 12.2. The number of carboxylic acid groups (broad SMARTS) is 1. The smallest absolute Gasteiger partial charge is 0.326 e. The van der Waals surface area contributed by atoms with Gasteiger partial charge in [-0.2, -0.15) is 0 Å². The summed E-state index contributed by atoms with van der Waals surface area (Å²) in [6, 6.07) is -4.39. The summed E-state index contributed by atoms with van der Waals surface area (Å²) in [5.41, 5.74) is 20.2. The Morgan fingerprint density at radius 1 is 0.769 bits per heavy atom. The van der Waals surface area contributed by atoms with Crippen LogP contribution in [0.1, 0.15) is 25.7 Å². The van der Waals surface area contributed by atoms with Crippen LogP contribution in [0.25, 0.3) is 0 Å². The van der Waals surface area contributed by atoms with E-state index in [4.69, 9.17) is 28.0 Å². The van der Waals surface area contributed by atoms with E-state index in [0.717, 1.165) is 0 Å². The summed E-state index contributed by atoms with van der Waals surface area (Å²) in [7, 11) is 0. The van der Waals surface area contributed by atoms with Crippen LogP contribution in [0.5, 0.6) is 0 Å². The van der Waals surface area contributed by atoms with Crippen LogP contribution < -0.4 is 33.6 Å². The highest BCUT2D eigenvalue weighted by Gasteiger charge is 2.29. The van der Waals surface area contributed by atoms with Crippen molar-refractivity contribution in [1.82, 2.24) is 10.6 Å². The molecular weight excluding hydrogens is 352 g/mol. The zero-order valence-corrected chi connectivity index (χ0v) is 13.8. The zero-order valence-electron chi connectivity index (χ0n) is 13.8. The van der Waals surface area contributed by atoms with Crippen LogP contribution in [0.2, 0.25) is 0 Å². The Kier molecular flexibility index (Phi) is 9.29. The predicted molar refractivity (Wildman–Crippen MR) is 85.5 cm³/mol. The van der Waals surface area contributed by atoms with Gasteiger partial charge in [-0.1, -0.05) is 0 Å². The molecule has 0 heterocycles. The lowest BCUT2D eigenvalue weighted by Crippen LogP contribution is -2.55. The topological polar surface area (TPSA) is 251 Å². The van der Waals surface area contributed by atoms with Crippen LogP contribution in [0.4, 0.5) is 0 Å². The van der Waals surface area contributed by atoms with E-state index < -0.39 is 66.5 Å². The quantitative estimate of drug-likeness (QED) is 0.174. The van der Waals surface area contributed by atoms with Gasteiger partial charge in [0.2, 0.25) is 29.5 Å². The van der Waals surface area contributed by atoms with Crippen molar-refractivity contribution in [2.75, 3.05) is 0 Å². The molecule has 0 saturated heterocycles. The lowest BCUT2D eigenvalue weighted by atomic mass is 10.1. The summed E-state index contributed by atoms with van der Waals surface area (Å²) in [5.74, 6) is -6.05. The normalized spacial score (nSPS) is 13.7. The molecule has 0 aromatic rings. The molecule has 13 nitrogen and oxygen atoms in total. The Morgan fingerprint density at radius 3 is 1.69 bits per heavy atom. The number of hydrogen-bond acceptors (Lipinski definition) is 7. The zero-order chi connectivity index (χ0) is 20.4. The Labute approximate surface area is 147 Å². The number of rotatable bonds is 12. The van der Waals surface area contributed by atoms with Crippen molar-refractivity contribution in [3.8, 4) is 0 Å². The third-order valence-corrected chi connectivity index (χ3v) is 3.09. The molecule has 0 bridgehead atoms. The van der Waals surface area contributed by atoms with E-state index >= 15 is 0 Å². The van der Waals surface area contributed by atoms with E-state index in [-0.39, 0.29) is 12.8 Å². The Hall–Kier alpha value is -3.22. The van der Waals surface area contributed by atoms with Gasteiger partial charge in [0.1, 0.15) is 12.1 Å². The predicted octanol–water partition coefficient (Wildman–Crippen LogP) is -4.62. The molecule has 3 atom stereocenters. The number of nitrogens with two attached hydrogens (primary N) is 4. The second kappa shape index (κ2) is 10.6. The highest BCUT2D eigenvalue weighted by Crippen LogP contribution is 2.01. The number of hydrogen-bond donors (Lipinski definition) is 7. The molecule has 0 rings (SSSR count). The molecular formula is C13H22N6O7. The van der Waals surface area contributed by atoms with Crippen molar-refractivity contribution in [3.05, 3.63) is 0 Å². The number of carbonyl (C=O) groups excluding carboxylic acids is 5. The van der Waals surface area contributed by atoms with Crippen molar-refractivity contribution < 1.29 is 33.9 Å². The van der Waals surface area contributed by atoms with Gasteiger partial charge in [-0.05, 0) is 6.42 Å². The van der Waals surface area contributed by atoms with Crippen LogP contribution in [0.15, 0.2) is 0 Å². The van der Waals surface area contributed by atoms with Gasteiger partial charge < -0.3 is 38.7 Å². The second-order valence-corrected chi connectivity index (χ2v) is 5.41. The van der Waals surface area contributed by atoms with Crippen molar-refractivity contribution in [3.63, 3.8) is 0 Å². The monoisotopic (exact) mass is 374 g/mol. The van der Waals surface area contributed by atoms with Crippen molar-refractivity contribution >= 4 is 35.5 Å². The van der Waals surface area contributed by atoms with Crippen molar-refractivity contribution in [1.29, 1.82) is 0 Å². The lowest BCUT2D eigenvalue weighted by molar-refractivity contribution is -0.142. The molecule has 13 heteroatoms. The fourth-order valence-electron chi connectivity index (χ4n) is 1.81. The SMILES string of the molecule is NC(=O)CC[C@H](NC(=O)[C@H](CC(N)=O)NC(=O)[C@@H](N)CC(N)=O)C(=O)O. The number of carbonyl (C=O) groups is 6. The summed E-state index contributed by atoms with van der Waals surface area (Å²) in [5, 5.41) is 13.2. The molecule has 0 aliphatic carbocycles. The summed E-state index contributed by atoms with van der Waals surface area (Å²) in [4.78, 5) is 67.8. The molecule has 0 saturated carbocycles. The summed E-state index contributed by atoms with van der Waals surface area (Å²) in [6.45, 7) is 0. The molecule has 0 unspecified atom stereocenters. The van der Waals surface area contributed by atoms with Gasteiger partial charge in [-0.3, -0.25) is 24.0 Å². The number of primary amides is 3. The number of nitrogens with one attached hydrogen (secondary N) is 2. The first kappa shape index (κ1) is 22.8. The third-order valence-electron chi connectivity index (χ3n) is 3.09. The molecule has 0 aliphatic rings. The van der Waals surface area contributed by atoms with Crippen LogP contribution in [-0.2, 0) is 28.8 Å². The largest absolute Gasteiger partial charge is 0.480 e. The van der Waals surface area contributed by atoms with E-state index in [2.05, 4.69) is 10.6 Å². The van der Waals surface area contributed by atoms with E-state index in [1.54, 1.807) is 0 Å². The summed E-state index contributed by atoms with van der Waals surface area (Å²) in [6.07, 6.45) is -1.77. The van der Waals surface area contributed by atoms with Crippen molar-refractivity contribution in [2.24, 2.45) is 22.9 Å². The van der Waals surface area contributed by atoms with Gasteiger partial charge in [-0.15, -0.1) is 0 Å². The summed E-state index contributed by atoms with van der Waals surface area (Å²) >= 11 is 0. The molecule has 0 fully saturated rings. The van der Waals surface area contributed by atoms with Crippen LogP contribution >= 0.6 is 0 Å². The highest BCUT2D eigenvalue weighted by atomic mass is 16.4. The van der Waals surface area contributed by atoms with Crippen molar-refractivity contribution in [2.45, 2.75) is 43.8 Å². The summed E-state index contributed by atoms with van der Waals surface area (Å²) < 4.78 is 0. The molecule has 11 N–H and O–H groups in total. The van der Waals surface area contributed by atoms with Gasteiger partial charge in [0, 0.05) is 6.42 Å². The minimum Gasteiger partial charge on any atom is -0.480 e. The van der Waals surface area contributed by atoms with Gasteiger partial charge in [-0.25, -0.2) is 4.79 Å². The Bertz CT molecular complexity index is 594. The maximum Gasteiger partial charge on any atom is 0.326 e. The second-order valence-electron chi connectivity index (χ2n) is 5.41. The van der Waals surface area contributed by atoms with Crippen LogP contribution in [-0.4, -0.2) is 58.7 Å². The molecule has 0 spiro atoms. The Morgan fingerprint density at radius 2 is 1.27 bits per heavy atom. The Balaban J connectivity index is 5.08. The fourth-order valence-corrected chi connectivity index (χ4v) is 1.81. The first-order valence-electron chi connectivity index (χ1n) is 7.38. The molecule has 0 aliphatic heterocycles. The molecule has 0 aromatic heterocycles. The molecule has 146 valence electrons. The van der Waals surface area contributed by atoms with Crippen LogP contribution in [0.3, 0.4) is 0 Å². The van der Waals surface area contributed by atoms with Gasteiger partial charge in [0.05, 0.1) is 18.9 Å². The third kappa shape index (κ3) is 9.17. The van der Waals surface area contributed by atoms with E-state index in [1.165, 1.54) is 0 Å². The van der Waals surface area contributed by atoms with Gasteiger partial charge >= 0.3 is 5.97 Å². The average molecular weight is 374 g/mol. The van der Waals surface area contributed by atoms with E-state index in [1.807, 2.05) is 0 Å². The fraction of sp³-hybridized carbons (Fsp3) is 0.538. The number of aliphatic carboxylic acids is 1. The molecule has 5 amide bonds. The lowest BCUT2D eigenvalue weighted by Gasteiger charge is -2.21. The average Bonchev–Trinajstić information content (AvgIpc) is 2.48. The first-order valence-corrected chi connectivity index (χ1v) is 7.38. The van der Waals surface area contributed by atoms with E-state index in [0.29, 0.717) is 0 Å². The molecule has 0 aromatic carbocycles. The molecule has 26 heavy (non-hydrogen) atoms. The highest BCUT2D eigenvalue weighted by molar-refractivity contribution is 5.95. The minimum absolute atomic E-state index is 0.297. The van der Waals surface area contributed by atoms with Crippen LogP contribution in [0, 0.1) is 0 Å². The van der Waals surface area contributed by atoms with Gasteiger partial charge in [0.25, 0.3) is 0 Å². The number of amides is 5. The van der Waals surface area contributed by atoms with E-state index in [9.17, 15) is 28.8 Å². The minimum atomic E-state index is -1.53. The first-order chi connectivity index (χ1) is 11.9.